The van der Waals surface area contributed by atoms with Crippen molar-refractivity contribution in [1.82, 2.24) is 14.0 Å². The number of piperidine rings is 1. The molecule has 2 fully saturated rings. The van der Waals surface area contributed by atoms with Gasteiger partial charge in [-0.15, -0.1) is 0 Å². The molecule has 4 aromatic rings. The second-order valence-corrected chi connectivity index (χ2v) is 9.41. The van der Waals surface area contributed by atoms with E-state index in [0.717, 1.165) is 30.6 Å². The fourth-order valence-electron chi connectivity index (χ4n) is 5.82. The van der Waals surface area contributed by atoms with Crippen LogP contribution < -0.4 is 5.56 Å². The van der Waals surface area contributed by atoms with Crippen LogP contribution in [0.25, 0.3) is 21.7 Å². The van der Waals surface area contributed by atoms with Crippen LogP contribution in [0.1, 0.15) is 27.9 Å². The number of aromatic nitrogens is 2. The Labute approximate surface area is 180 Å². The third kappa shape index (κ3) is 2.49. The van der Waals surface area contributed by atoms with Crippen molar-refractivity contribution in [3.63, 3.8) is 0 Å². The molecule has 0 bridgehead atoms. The molecule has 5 heteroatoms. The summed E-state index contributed by atoms with van der Waals surface area (Å²) in [5, 5.41) is 3.03. The average Bonchev–Trinajstić information content (AvgIpc) is 3.15. The largest absolute Gasteiger partial charge is 0.349 e. The van der Waals surface area contributed by atoms with Crippen LogP contribution in [0.5, 0.6) is 0 Å². The molecule has 1 saturated carbocycles. The Morgan fingerprint density at radius 1 is 1.03 bits per heavy atom. The summed E-state index contributed by atoms with van der Waals surface area (Å²) in [5.41, 5.74) is 3.65. The van der Waals surface area contributed by atoms with Crippen molar-refractivity contribution in [2.45, 2.75) is 18.8 Å². The summed E-state index contributed by atoms with van der Waals surface area (Å²) in [6.07, 6.45) is 4.79. The second kappa shape index (κ2) is 6.10. The number of hydrogen-bond donors (Lipinski definition) is 0. The molecule has 0 N–H and O–H groups in total. The molecule has 2 unspecified atom stereocenters. The van der Waals surface area contributed by atoms with Gasteiger partial charge in [-0.25, -0.2) is 0 Å². The summed E-state index contributed by atoms with van der Waals surface area (Å²) in [6.45, 7) is 3.46. The van der Waals surface area contributed by atoms with Crippen LogP contribution in [0.3, 0.4) is 0 Å². The standard InChI is InChI=1S/C26H25N3O2/c1-16-12-28(3)25(31)22-21(14-27(2)23(16)22)24(30)29-13-20-11-26(20,15-29)19-9-8-17-6-4-5-7-18(17)10-19/h4-10,12,14,20H,11,13,15H2,1-3H3. The van der Waals surface area contributed by atoms with E-state index in [0.29, 0.717) is 16.9 Å². The molecule has 1 aliphatic heterocycles. The van der Waals surface area contributed by atoms with Gasteiger partial charge >= 0.3 is 0 Å². The first kappa shape index (κ1) is 18.4. The third-order valence-electron chi connectivity index (χ3n) is 7.46. The Morgan fingerprint density at radius 3 is 2.61 bits per heavy atom. The first-order valence-corrected chi connectivity index (χ1v) is 10.8. The minimum atomic E-state index is -0.113. The maximum atomic E-state index is 13.6. The maximum Gasteiger partial charge on any atom is 0.260 e. The number of hydrogen-bond acceptors (Lipinski definition) is 2. The van der Waals surface area contributed by atoms with Crippen LogP contribution in [-0.2, 0) is 19.5 Å². The monoisotopic (exact) mass is 411 g/mol. The first-order chi connectivity index (χ1) is 14.9. The number of benzene rings is 2. The molecule has 156 valence electrons. The molecule has 1 saturated heterocycles. The molecule has 2 aliphatic rings. The number of carbonyl (C=O) groups excluding carboxylic acids is 1. The van der Waals surface area contributed by atoms with Crippen molar-refractivity contribution >= 4 is 27.6 Å². The molecule has 0 spiro atoms. The van der Waals surface area contributed by atoms with Gasteiger partial charge in [0.05, 0.1) is 16.5 Å². The average molecular weight is 412 g/mol. The summed E-state index contributed by atoms with van der Waals surface area (Å²) in [5.74, 6) is 0.470. The molecule has 6 rings (SSSR count). The number of amides is 1. The van der Waals surface area contributed by atoms with Crippen LogP contribution in [-0.4, -0.2) is 33.0 Å². The Hall–Kier alpha value is -3.34. The van der Waals surface area contributed by atoms with E-state index in [9.17, 15) is 9.59 Å². The van der Waals surface area contributed by atoms with E-state index >= 15 is 0 Å². The fraction of sp³-hybridized carbons (Fsp3) is 0.308. The van der Waals surface area contributed by atoms with Gasteiger partial charge in [-0.2, -0.15) is 0 Å². The molecular formula is C26H25N3O2. The van der Waals surface area contributed by atoms with Crippen molar-refractivity contribution in [2.24, 2.45) is 20.0 Å². The highest BCUT2D eigenvalue weighted by atomic mass is 16.2. The lowest BCUT2D eigenvalue weighted by Gasteiger charge is -2.21. The molecule has 1 amide bonds. The molecule has 5 nitrogen and oxygen atoms in total. The van der Waals surface area contributed by atoms with Gasteiger partial charge in [0.25, 0.3) is 11.5 Å². The summed E-state index contributed by atoms with van der Waals surface area (Å²) < 4.78 is 3.49. The Bertz CT molecular complexity index is 1460. The van der Waals surface area contributed by atoms with E-state index in [1.807, 2.05) is 35.8 Å². The molecule has 2 aromatic carbocycles. The highest BCUT2D eigenvalue weighted by molar-refractivity contribution is 6.07. The number of fused-ring (bicyclic) bond motifs is 3. The van der Waals surface area contributed by atoms with E-state index in [2.05, 4.69) is 42.5 Å². The normalized spacial score (nSPS) is 22.3. The summed E-state index contributed by atoms with van der Waals surface area (Å²) in [4.78, 5) is 28.4. The zero-order chi connectivity index (χ0) is 21.5. The first-order valence-electron chi connectivity index (χ1n) is 10.8. The maximum absolute atomic E-state index is 13.6. The lowest BCUT2D eigenvalue weighted by atomic mass is 9.92. The van der Waals surface area contributed by atoms with Crippen molar-refractivity contribution < 1.29 is 4.79 Å². The van der Waals surface area contributed by atoms with Gasteiger partial charge in [-0.05, 0) is 41.2 Å². The van der Waals surface area contributed by atoms with Crippen molar-refractivity contribution in [3.05, 3.63) is 81.9 Å². The summed E-state index contributed by atoms with van der Waals surface area (Å²) >= 11 is 0. The van der Waals surface area contributed by atoms with Gasteiger partial charge in [0.15, 0.2) is 0 Å². The quantitative estimate of drug-likeness (QED) is 0.504. The highest BCUT2D eigenvalue weighted by Crippen LogP contribution is 2.59. The van der Waals surface area contributed by atoms with Crippen molar-refractivity contribution in [3.8, 4) is 0 Å². The number of nitrogens with zero attached hydrogens (tertiary/aromatic N) is 3. The number of rotatable bonds is 2. The van der Waals surface area contributed by atoms with Gasteiger partial charge < -0.3 is 14.0 Å². The van der Waals surface area contributed by atoms with Crippen molar-refractivity contribution in [1.29, 1.82) is 0 Å². The van der Waals surface area contributed by atoms with Crippen molar-refractivity contribution in [2.75, 3.05) is 13.1 Å². The smallest absolute Gasteiger partial charge is 0.260 e. The van der Waals surface area contributed by atoms with Gasteiger partial charge in [0, 0.05) is 45.0 Å². The van der Waals surface area contributed by atoms with E-state index < -0.39 is 0 Å². The second-order valence-electron chi connectivity index (χ2n) is 9.41. The Morgan fingerprint density at radius 2 is 1.81 bits per heavy atom. The molecule has 2 atom stereocenters. The molecule has 3 heterocycles. The minimum Gasteiger partial charge on any atom is -0.349 e. The SMILES string of the molecule is Cc1cn(C)c(=O)c2c(C(=O)N3CC4CC4(c4ccc5ccccc5c4)C3)cn(C)c12. The summed E-state index contributed by atoms with van der Waals surface area (Å²) in [6, 6.07) is 15.1. The lowest BCUT2D eigenvalue weighted by Crippen LogP contribution is -2.33. The minimum absolute atomic E-state index is 0.0272. The number of carbonyl (C=O) groups is 1. The van der Waals surface area contributed by atoms with Gasteiger partial charge in [-0.1, -0.05) is 42.5 Å². The van der Waals surface area contributed by atoms with Crippen LogP contribution in [0, 0.1) is 12.8 Å². The number of aryl methyl sites for hydroxylation is 3. The molecule has 31 heavy (non-hydrogen) atoms. The van der Waals surface area contributed by atoms with E-state index in [1.54, 1.807) is 11.6 Å². The van der Waals surface area contributed by atoms with E-state index in [1.165, 1.54) is 16.3 Å². The van der Waals surface area contributed by atoms with E-state index in [4.69, 9.17) is 0 Å². The zero-order valence-electron chi connectivity index (χ0n) is 18.1. The molecule has 2 aromatic heterocycles. The fourth-order valence-corrected chi connectivity index (χ4v) is 5.82. The molecular weight excluding hydrogens is 386 g/mol. The van der Waals surface area contributed by atoms with Crippen LogP contribution in [0.15, 0.2) is 59.7 Å². The Kier molecular flexibility index (Phi) is 3.62. The molecule has 0 radical (unpaired) electrons. The number of pyridine rings is 1. The van der Waals surface area contributed by atoms with Gasteiger partial charge in [0.2, 0.25) is 0 Å². The Balaban J connectivity index is 1.37. The van der Waals surface area contributed by atoms with Crippen LogP contribution in [0.2, 0.25) is 0 Å². The van der Waals surface area contributed by atoms with Gasteiger partial charge in [-0.3, -0.25) is 9.59 Å². The lowest BCUT2D eigenvalue weighted by molar-refractivity contribution is 0.0774. The van der Waals surface area contributed by atoms with Crippen LogP contribution >= 0.6 is 0 Å². The predicted molar refractivity (Wildman–Crippen MR) is 123 cm³/mol. The van der Waals surface area contributed by atoms with Gasteiger partial charge in [0.1, 0.15) is 0 Å². The number of likely N-dealkylation sites (tertiary alicyclic amines) is 1. The highest BCUT2D eigenvalue weighted by Gasteiger charge is 2.61. The molecule has 1 aliphatic carbocycles. The zero-order valence-corrected chi connectivity index (χ0v) is 18.1. The van der Waals surface area contributed by atoms with Crippen LogP contribution in [0.4, 0.5) is 0 Å². The topological polar surface area (TPSA) is 47.2 Å². The van der Waals surface area contributed by atoms with E-state index in [-0.39, 0.29) is 16.9 Å². The third-order valence-corrected chi connectivity index (χ3v) is 7.46. The summed E-state index contributed by atoms with van der Waals surface area (Å²) in [7, 11) is 3.65. The predicted octanol–water partition coefficient (Wildman–Crippen LogP) is 3.75.